The van der Waals surface area contributed by atoms with Gasteiger partial charge in [0.2, 0.25) is 0 Å². The fourth-order valence-corrected chi connectivity index (χ4v) is 3.84. The van der Waals surface area contributed by atoms with Crippen molar-refractivity contribution in [2.75, 3.05) is 0 Å². The number of hydrogen-bond donors (Lipinski definition) is 1. The largest absolute Gasteiger partial charge is 0.301 e. The van der Waals surface area contributed by atoms with E-state index >= 15 is 0 Å². The van der Waals surface area contributed by atoms with Crippen molar-refractivity contribution in [3.8, 4) is 0 Å². The minimum atomic E-state index is 0.319. The molecule has 2 nitrogen and oxygen atoms in total. The van der Waals surface area contributed by atoms with Crippen LogP contribution >= 0.6 is 27.3 Å². The fourth-order valence-electron chi connectivity index (χ4n) is 2.60. The second-order valence-electron chi connectivity index (χ2n) is 4.66. The summed E-state index contributed by atoms with van der Waals surface area (Å²) < 4.78 is 1.24. The number of benzene rings is 1. The summed E-state index contributed by atoms with van der Waals surface area (Å²) >= 11 is 5.36. The average Bonchev–Trinajstić information content (AvgIpc) is 2.99. The molecule has 0 fully saturated rings. The topological polar surface area (TPSA) is 24.9 Å². The third-order valence-electron chi connectivity index (χ3n) is 3.49. The molecule has 1 aromatic carbocycles. The van der Waals surface area contributed by atoms with Crippen molar-refractivity contribution in [2.24, 2.45) is 0 Å². The van der Waals surface area contributed by atoms with E-state index in [-0.39, 0.29) is 0 Å². The average molecular weight is 323 g/mol. The molecule has 0 aliphatic heterocycles. The number of aromatic nitrogens is 1. The number of halogens is 1. The van der Waals surface area contributed by atoms with Crippen molar-refractivity contribution < 1.29 is 0 Å². The van der Waals surface area contributed by atoms with Gasteiger partial charge in [0.25, 0.3) is 0 Å². The molecule has 2 aromatic rings. The zero-order chi connectivity index (χ0) is 12.5. The molecule has 1 aliphatic carbocycles. The molecule has 0 amide bonds. The number of nitrogens with one attached hydrogen (secondary N) is 1. The SMILES string of the molecule is CC(NC1CCc2c(Br)cccc21)c1nccs1. The van der Waals surface area contributed by atoms with Gasteiger partial charge in [-0.05, 0) is 37.0 Å². The lowest BCUT2D eigenvalue weighted by Crippen LogP contribution is -2.22. The van der Waals surface area contributed by atoms with E-state index in [2.05, 4.69) is 51.4 Å². The van der Waals surface area contributed by atoms with Gasteiger partial charge in [0.15, 0.2) is 0 Å². The highest BCUT2D eigenvalue weighted by Crippen LogP contribution is 2.36. The third kappa shape index (κ3) is 2.25. The smallest absolute Gasteiger partial charge is 0.109 e. The Bertz CT molecular complexity index is 539. The van der Waals surface area contributed by atoms with Crippen LogP contribution in [0.2, 0.25) is 0 Å². The molecular formula is C14H15BrN2S. The molecule has 0 saturated heterocycles. The van der Waals surface area contributed by atoms with E-state index in [0.717, 1.165) is 6.42 Å². The monoisotopic (exact) mass is 322 g/mol. The molecule has 0 spiro atoms. The summed E-state index contributed by atoms with van der Waals surface area (Å²) in [6, 6.07) is 7.26. The molecule has 1 N–H and O–H groups in total. The zero-order valence-electron chi connectivity index (χ0n) is 10.2. The van der Waals surface area contributed by atoms with E-state index in [0.29, 0.717) is 12.1 Å². The highest BCUT2D eigenvalue weighted by atomic mass is 79.9. The molecule has 18 heavy (non-hydrogen) atoms. The van der Waals surface area contributed by atoms with Gasteiger partial charge >= 0.3 is 0 Å². The number of rotatable bonds is 3. The van der Waals surface area contributed by atoms with Gasteiger partial charge < -0.3 is 5.32 Å². The first-order valence-electron chi connectivity index (χ1n) is 6.18. The highest BCUT2D eigenvalue weighted by molar-refractivity contribution is 9.10. The summed E-state index contributed by atoms with van der Waals surface area (Å²) in [6.45, 7) is 2.19. The summed E-state index contributed by atoms with van der Waals surface area (Å²) in [7, 11) is 0. The Kier molecular flexibility index (Phi) is 3.50. The first-order chi connectivity index (χ1) is 8.75. The van der Waals surface area contributed by atoms with Crippen LogP contribution in [0, 0.1) is 0 Å². The standard InChI is InChI=1S/C14H15BrN2S/c1-9(14-16-7-8-18-14)17-13-6-5-10-11(13)3-2-4-12(10)15/h2-4,7-9,13,17H,5-6H2,1H3. The Morgan fingerprint density at radius 2 is 2.39 bits per heavy atom. The molecule has 0 radical (unpaired) electrons. The quantitative estimate of drug-likeness (QED) is 0.914. The zero-order valence-corrected chi connectivity index (χ0v) is 12.6. The maximum atomic E-state index is 4.38. The van der Waals surface area contributed by atoms with Crippen molar-refractivity contribution in [1.82, 2.24) is 10.3 Å². The lowest BCUT2D eigenvalue weighted by atomic mass is 10.1. The maximum absolute atomic E-state index is 4.38. The molecule has 2 unspecified atom stereocenters. The van der Waals surface area contributed by atoms with Crippen LogP contribution in [0.25, 0.3) is 0 Å². The molecule has 1 aliphatic rings. The summed E-state index contributed by atoms with van der Waals surface area (Å²) in [5.41, 5.74) is 2.90. The molecule has 0 saturated carbocycles. The predicted octanol–water partition coefficient (Wildman–Crippen LogP) is 4.24. The first kappa shape index (κ1) is 12.3. The van der Waals surface area contributed by atoms with Gasteiger partial charge in [0.1, 0.15) is 5.01 Å². The van der Waals surface area contributed by atoms with Gasteiger partial charge in [-0.3, -0.25) is 0 Å². The minimum absolute atomic E-state index is 0.319. The van der Waals surface area contributed by atoms with E-state index in [1.165, 1.54) is 27.0 Å². The molecule has 1 aromatic heterocycles. The van der Waals surface area contributed by atoms with Crippen LogP contribution in [0.5, 0.6) is 0 Å². The minimum Gasteiger partial charge on any atom is -0.301 e. The van der Waals surface area contributed by atoms with Crippen LogP contribution in [0.3, 0.4) is 0 Å². The fraction of sp³-hybridized carbons (Fsp3) is 0.357. The second kappa shape index (κ2) is 5.11. The lowest BCUT2D eigenvalue weighted by Gasteiger charge is -2.18. The van der Waals surface area contributed by atoms with Gasteiger partial charge in [-0.15, -0.1) is 11.3 Å². The maximum Gasteiger partial charge on any atom is 0.109 e. The lowest BCUT2D eigenvalue weighted by molar-refractivity contribution is 0.464. The van der Waals surface area contributed by atoms with Gasteiger partial charge in [-0.25, -0.2) is 4.98 Å². The van der Waals surface area contributed by atoms with Crippen molar-refractivity contribution in [3.05, 3.63) is 50.4 Å². The number of thiazole rings is 1. The Balaban J connectivity index is 1.79. The molecule has 4 heteroatoms. The van der Waals surface area contributed by atoms with E-state index < -0.39 is 0 Å². The van der Waals surface area contributed by atoms with Gasteiger partial charge in [-0.1, -0.05) is 28.1 Å². The van der Waals surface area contributed by atoms with E-state index in [4.69, 9.17) is 0 Å². The van der Waals surface area contributed by atoms with Crippen LogP contribution < -0.4 is 5.32 Å². The normalized spacial score (nSPS) is 19.8. The Morgan fingerprint density at radius 1 is 1.50 bits per heavy atom. The first-order valence-corrected chi connectivity index (χ1v) is 7.85. The van der Waals surface area contributed by atoms with Crippen LogP contribution in [-0.2, 0) is 6.42 Å². The Labute approximate surface area is 120 Å². The number of hydrogen-bond acceptors (Lipinski definition) is 3. The van der Waals surface area contributed by atoms with Crippen molar-refractivity contribution >= 4 is 27.3 Å². The van der Waals surface area contributed by atoms with Crippen molar-refractivity contribution in [2.45, 2.75) is 31.8 Å². The van der Waals surface area contributed by atoms with Crippen molar-refractivity contribution in [1.29, 1.82) is 0 Å². The van der Waals surface area contributed by atoms with Gasteiger partial charge in [0.05, 0.1) is 6.04 Å². The van der Waals surface area contributed by atoms with E-state index in [1.807, 2.05) is 11.6 Å². The molecule has 3 rings (SSSR count). The van der Waals surface area contributed by atoms with Gasteiger partial charge in [-0.2, -0.15) is 0 Å². The van der Waals surface area contributed by atoms with Crippen LogP contribution in [-0.4, -0.2) is 4.98 Å². The number of nitrogens with zero attached hydrogens (tertiary/aromatic N) is 1. The third-order valence-corrected chi connectivity index (χ3v) is 5.19. The highest BCUT2D eigenvalue weighted by Gasteiger charge is 2.25. The van der Waals surface area contributed by atoms with Gasteiger partial charge in [0, 0.05) is 22.1 Å². The molecule has 0 bridgehead atoms. The van der Waals surface area contributed by atoms with Crippen LogP contribution in [0.15, 0.2) is 34.2 Å². The molecular weight excluding hydrogens is 308 g/mol. The predicted molar refractivity (Wildman–Crippen MR) is 78.9 cm³/mol. The van der Waals surface area contributed by atoms with Crippen LogP contribution in [0.4, 0.5) is 0 Å². The van der Waals surface area contributed by atoms with E-state index in [9.17, 15) is 0 Å². The van der Waals surface area contributed by atoms with Crippen LogP contribution in [0.1, 0.15) is 41.6 Å². The molecule has 94 valence electrons. The Hall–Kier alpha value is -0.710. The van der Waals surface area contributed by atoms with E-state index in [1.54, 1.807) is 11.3 Å². The van der Waals surface area contributed by atoms with Crippen molar-refractivity contribution in [3.63, 3.8) is 0 Å². The Morgan fingerprint density at radius 3 is 3.17 bits per heavy atom. The number of fused-ring (bicyclic) bond motifs is 1. The molecule has 1 heterocycles. The summed E-state index contributed by atoms with van der Waals surface area (Å²) in [5.74, 6) is 0. The summed E-state index contributed by atoms with van der Waals surface area (Å²) in [6.07, 6.45) is 4.20. The summed E-state index contributed by atoms with van der Waals surface area (Å²) in [4.78, 5) is 4.38. The molecule has 2 atom stereocenters. The second-order valence-corrected chi connectivity index (χ2v) is 6.44. The summed E-state index contributed by atoms with van der Waals surface area (Å²) in [5, 5.41) is 6.89.